The molecule has 1 aromatic carbocycles. The van der Waals surface area contributed by atoms with Gasteiger partial charge in [0.1, 0.15) is 0 Å². The van der Waals surface area contributed by atoms with Crippen molar-refractivity contribution in [2.75, 3.05) is 0 Å². The van der Waals surface area contributed by atoms with E-state index in [1.807, 2.05) is 0 Å². The lowest BCUT2D eigenvalue weighted by atomic mass is 9.84. The van der Waals surface area contributed by atoms with E-state index in [0.29, 0.717) is 0 Å². The van der Waals surface area contributed by atoms with Crippen LogP contribution in [0.4, 0.5) is 0 Å². The predicted octanol–water partition coefficient (Wildman–Crippen LogP) is 5.02. The van der Waals surface area contributed by atoms with Gasteiger partial charge < -0.3 is 0 Å². The van der Waals surface area contributed by atoms with Crippen LogP contribution in [0, 0.1) is 13.8 Å². The zero-order valence-corrected chi connectivity index (χ0v) is 11.5. The lowest BCUT2D eigenvalue weighted by Gasteiger charge is -2.21. The van der Waals surface area contributed by atoms with E-state index < -0.39 is 0 Å². The van der Waals surface area contributed by atoms with Crippen LogP contribution >= 0.6 is 0 Å². The maximum atomic E-state index is 2.32. The number of hydrogen-bond acceptors (Lipinski definition) is 0. The van der Waals surface area contributed by atoms with Gasteiger partial charge in [0.05, 0.1) is 0 Å². The molecule has 1 aromatic rings. The summed E-state index contributed by atoms with van der Waals surface area (Å²) >= 11 is 0. The highest BCUT2D eigenvalue weighted by Gasteiger charge is 2.15. The molecule has 0 nitrogen and oxygen atoms in total. The van der Waals surface area contributed by atoms with Gasteiger partial charge in [-0.1, -0.05) is 52.0 Å². The van der Waals surface area contributed by atoms with Crippen molar-refractivity contribution in [2.24, 2.45) is 0 Å². The van der Waals surface area contributed by atoms with Crippen molar-refractivity contribution in [3.05, 3.63) is 40.5 Å². The lowest BCUT2D eigenvalue weighted by Crippen LogP contribution is -2.12. The second-order valence-corrected chi connectivity index (χ2v) is 5.58. The molecule has 88 valence electrons. The minimum absolute atomic E-state index is 0.239. The highest BCUT2D eigenvalue weighted by molar-refractivity contribution is 5.59. The van der Waals surface area contributed by atoms with Crippen LogP contribution in [-0.2, 0) is 5.41 Å². The molecule has 0 saturated heterocycles. The Balaban J connectivity index is 3.23. The molecule has 0 aromatic heterocycles. The second-order valence-electron chi connectivity index (χ2n) is 5.58. The van der Waals surface area contributed by atoms with Gasteiger partial charge in [-0.3, -0.25) is 0 Å². The molecule has 0 heteroatoms. The minimum Gasteiger partial charge on any atom is -0.0842 e. The van der Waals surface area contributed by atoms with E-state index in [0.717, 1.165) is 6.42 Å². The molecular formula is C16H24. The highest BCUT2D eigenvalue weighted by atomic mass is 14.2. The fraction of sp³-hybridized carbons (Fsp3) is 0.500. The predicted molar refractivity (Wildman–Crippen MR) is 73.9 cm³/mol. The monoisotopic (exact) mass is 216 g/mol. The molecule has 0 aliphatic rings. The maximum Gasteiger partial charge on any atom is -0.0132 e. The zero-order chi connectivity index (χ0) is 12.3. The Bertz CT molecular complexity index is 366. The third-order valence-corrected chi connectivity index (χ3v) is 2.98. The molecule has 0 N–H and O–H groups in total. The van der Waals surface area contributed by atoms with Gasteiger partial charge in [-0.25, -0.2) is 0 Å². The minimum atomic E-state index is 0.239. The van der Waals surface area contributed by atoms with Gasteiger partial charge in [0.2, 0.25) is 0 Å². The first-order chi connectivity index (χ1) is 7.36. The van der Waals surface area contributed by atoms with Crippen molar-refractivity contribution in [1.82, 2.24) is 0 Å². The van der Waals surface area contributed by atoms with Crippen LogP contribution in [0.2, 0.25) is 0 Å². The Labute approximate surface area is 100 Å². The van der Waals surface area contributed by atoms with Gasteiger partial charge in [-0.05, 0) is 47.9 Å². The van der Waals surface area contributed by atoms with E-state index in [9.17, 15) is 0 Å². The lowest BCUT2D eigenvalue weighted by molar-refractivity contribution is 0.589. The van der Waals surface area contributed by atoms with Crippen LogP contribution in [0.15, 0.2) is 18.2 Å². The topological polar surface area (TPSA) is 0 Å². The van der Waals surface area contributed by atoms with Gasteiger partial charge >= 0.3 is 0 Å². The average molecular weight is 216 g/mol. The second kappa shape index (κ2) is 4.86. The van der Waals surface area contributed by atoms with Crippen LogP contribution in [0.3, 0.4) is 0 Å². The molecule has 0 radical (unpaired) electrons. The van der Waals surface area contributed by atoms with Gasteiger partial charge in [-0.2, -0.15) is 0 Å². The normalized spacial score (nSPS) is 12.4. The summed E-state index contributed by atoms with van der Waals surface area (Å²) in [6, 6.07) is 4.64. The molecule has 0 spiro atoms. The number of allylic oxidation sites excluding steroid dienone is 1. The van der Waals surface area contributed by atoms with E-state index in [1.54, 1.807) is 0 Å². The Hall–Kier alpha value is -1.04. The average Bonchev–Trinajstić information content (AvgIpc) is 2.15. The van der Waals surface area contributed by atoms with Crippen molar-refractivity contribution in [3.63, 3.8) is 0 Å². The molecule has 0 atom stereocenters. The quantitative estimate of drug-likeness (QED) is 0.651. The van der Waals surface area contributed by atoms with Crippen molar-refractivity contribution in [1.29, 1.82) is 0 Å². The zero-order valence-electron chi connectivity index (χ0n) is 11.5. The fourth-order valence-corrected chi connectivity index (χ4v) is 1.91. The number of benzene rings is 1. The molecule has 0 unspecified atom stereocenters. The molecule has 16 heavy (non-hydrogen) atoms. The number of aryl methyl sites for hydroxylation is 2. The summed E-state index contributed by atoms with van der Waals surface area (Å²) in [4.78, 5) is 0. The van der Waals surface area contributed by atoms with E-state index in [2.05, 4.69) is 65.8 Å². The summed E-state index contributed by atoms with van der Waals surface area (Å²) in [6.07, 6.45) is 5.57. The largest absolute Gasteiger partial charge is 0.0842 e. The van der Waals surface area contributed by atoms with Gasteiger partial charge in [0.25, 0.3) is 0 Å². The van der Waals surface area contributed by atoms with Crippen LogP contribution < -0.4 is 0 Å². The smallest absolute Gasteiger partial charge is 0.0132 e. The van der Waals surface area contributed by atoms with Gasteiger partial charge in [0.15, 0.2) is 0 Å². The maximum absolute atomic E-state index is 2.32. The van der Waals surface area contributed by atoms with Gasteiger partial charge in [-0.15, -0.1) is 0 Å². The number of hydrogen-bond donors (Lipinski definition) is 0. The standard InChI is InChI=1S/C16H24/c1-7-8-9-15-12(2)10-14(11-13(15)3)16(4,5)6/h8-11H,7H2,1-6H3/b9-8+. The Morgan fingerprint density at radius 3 is 1.94 bits per heavy atom. The van der Waals surface area contributed by atoms with Crippen molar-refractivity contribution < 1.29 is 0 Å². The van der Waals surface area contributed by atoms with E-state index >= 15 is 0 Å². The molecular weight excluding hydrogens is 192 g/mol. The molecule has 1 rings (SSSR count). The summed E-state index contributed by atoms with van der Waals surface area (Å²) in [5.74, 6) is 0. The molecule has 0 amide bonds. The van der Waals surface area contributed by atoms with Crippen LogP contribution in [-0.4, -0.2) is 0 Å². The van der Waals surface area contributed by atoms with Crippen LogP contribution in [0.25, 0.3) is 6.08 Å². The van der Waals surface area contributed by atoms with Crippen LogP contribution in [0.1, 0.15) is 56.4 Å². The first-order valence-electron chi connectivity index (χ1n) is 6.14. The Morgan fingerprint density at radius 2 is 1.56 bits per heavy atom. The van der Waals surface area contributed by atoms with Gasteiger partial charge in [0, 0.05) is 0 Å². The molecule has 0 fully saturated rings. The van der Waals surface area contributed by atoms with E-state index in [4.69, 9.17) is 0 Å². The van der Waals surface area contributed by atoms with Crippen LogP contribution in [0.5, 0.6) is 0 Å². The molecule has 0 saturated carbocycles. The molecule has 0 aliphatic carbocycles. The third-order valence-electron chi connectivity index (χ3n) is 2.98. The highest BCUT2D eigenvalue weighted by Crippen LogP contribution is 2.27. The summed E-state index contributed by atoms with van der Waals surface area (Å²) < 4.78 is 0. The summed E-state index contributed by atoms with van der Waals surface area (Å²) in [6.45, 7) is 13.4. The first-order valence-corrected chi connectivity index (χ1v) is 6.14. The van der Waals surface area contributed by atoms with Crippen molar-refractivity contribution in [3.8, 4) is 0 Å². The summed E-state index contributed by atoms with van der Waals surface area (Å²) in [5, 5.41) is 0. The first kappa shape index (κ1) is 13.0. The van der Waals surface area contributed by atoms with Crippen molar-refractivity contribution in [2.45, 2.75) is 53.4 Å². The van der Waals surface area contributed by atoms with Crippen molar-refractivity contribution >= 4 is 6.08 Å². The molecule has 0 aliphatic heterocycles. The number of rotatable bonds is 2. The molecule has 0 bridgehead atoms. The van der Waals surface area contributed by atoms with E-state index in [1.165, 1.54) is 22.3 Å². The Kier molecular flexibility index (Phi) is 3.96. The SMILES string of the molecule is CC/C=C/c1c(C)cc(C(C)(C)C)cc1C. The third kappa shape index (κ3) is 2.98. The fourth-order valence-electron chi connectivity index (χ4n) is 1.91. The summed E-state index contributed by atoms with van der Waals surface area (Å²) in [7, 11) is 0. The summed E-state index contributed by atoms with van der Waals surface area (Å²) in [5.41, 5.74) is 5.82. The van der Waals surface area contributed by atoms with E-state index in [-0.39, 0.29) is 5.41 Å². The molecule has 0 heterocycles. The Morgan fingerprint density at radius 1 is 1.06 bits per heavy atom.